The van der Waals surface area contributed by atoms with E-state index in [1.165, 1.54) is 18.7 Å². The van der Waals surface area contributed by atoms with Gasteiger partial charge >= 0.3 is 0 Å². The predicted octanol–water partition coefficient (Wildman–Crippen LogP) is 2.28. The molecule has 2 aliphatic heterocycles. The molecule has 1 aromatic carbocycles. The summed E-state index contributed by atoms with van der Waals surface area (Å²) in [6.45, 7) is 5.45. The van der Waals surface area contributed by atoms with Crippen molar-refractivity contribution in [3.63, 3.8) is 0 Å². The summed E-state index contributed by atoms with van der Waals surface area (Å²) >= 11 is 3.45. The van der Waals surface area contributed by atoms with Gasteiger partial charge in [-0.1, -0.05) is 28.1 Å². The van der Waals surface area contributed by atoms with Crippen LogP contribution in [0, 0.1) is 5.41 Å². The molecule has 2 nitrogen and oxygen atoms in total. The lowest BCUT2D eigenvalue weighted by Crippen LogP contribution is -2.65. The van der Waals surface area contributed by atoms with Gasteiger partial charge in [-0.15, -0.1) is 0 Å². The summed E-state index contributed by atoms with van der Waals surface area (Å²) in [6, 6.07) is 8.59. The summed E-state index contributed by atoms with van der Waals surface area (Å²) in [6.07, 6.45) is 0. The fourth-order valence-electron chi connectivity index (χ4n) is 2.44. The highest BCUT2D eigenvalue weighted by Gasteiger charge is 2.48. The van der Waals surface area contributed by atoms with Gasteiger partial charge in [0.05, 0.1) is 13.2 Å². The Bertz CT molecular complexity index is 350. The van der Waals surface area contributed by atoms with Crippen LogP contribution in [0.5, 0.6) is 0 Å². The molecule has 0 radical (unpaired) electrons. The number of hydrogen-bond acceptors (Lipinski definition) is 2. The molecular formula is C12H14BrNO. The van der Waals surface area contributed by atoms with E-state index in [0.29, 0.717) is 5.41 Å². The van der Waals surface area contributed by atoms with E-state index in [4.69, 9.17) is 4.74 Å². The number of halogens is 1. The van der Waals surface area contributed by atoms with Gasteiger partial charge in [0.2, 0.25) is 0 Å². The maximum absolute atomic E-state index is 5.26. The Morgan fingerprint density at radius 1 is 1.20 bits per heavy atom. The third-order valence-corrected chi connectivity index (χ3v) is 3.78. The lowest BCUT2D eigenvalue weighted by Gasteiger charge is -2.55. The maximum Gasteiger partial charge on any atom is 0.0569 e. The Morgan fingerprint density at radius 3 is 2.40 bits per heavy atom. The van der Waals surface area contributed by atoms with Gasteiger partial charge in [-0.05, 0) is 17.7 Å². The molecule has 3 heteroatoms. The van der Waals surface area contributed by atoms with Crippen molar-refractivity contribution in [2.45, 2.75) is 6.54 Å². The van der Waals surface area contributed by atoms with Crippen molar-refractivity contribution >= 4 is 15.9 Å². The van der Waals surface area contributed by atoms with Crippen molar-refractivity contribution < 1.29 is 4.74 Å². The minimum Gasteiger partial charge on any atom is -0.380 e. The number of likely N-dealkylation sites (tertiary alicyclic amines) is 1. The molecule has 0 atom stereocenters. The molecule has 0 aromatic heterocycles. The van der Waals surface area contributed by atoms with Crippen LogP contribution < -0.4 is 0 Å². The van der Waals surface area contributed by atoms with Gasteiger partial charge < -0.3 is 4.74 Å². The molecule has 0 saturated carbocycles. The van der Waals surface area contributed by atoms with Gasteiger partial charge in [0.1, 0.15) is 0 Å². The average Bonchev–Trinajstić information content (AvgIpc) is 2.10. The molecule has 0 aliphatic carbocycles. The van der Waals surface area contributed by atoms with Crippen LogP contribution in [-0.2, 0) is 11.3 Å². The minimum absolute atomic E-state index is 0.537. The minimum atomic E-state index is 0.537. The molecule has 1 aromatic rings. The topological polar surface area (TPSA) is 12.5 Å². The molecule has 3 rings (SSSR count). The summed E-state index contributed by atoms with van der Waals surface area (Å²) < 4.78 is 6.41. The highest BCUT2D eigenvalue weighted by Crippen LogP contribution is 2.38. The van der Waals surface area contributed by atoms with Crippen molar-refractivity contribution in [1.82, 2.24) is 4.90 Å². The quantitative estimate of drug-likeness (QED) is 0.816. The summed E-state index contributed by atoms with van der Waals surface area (Å²) in [4.78, 5) is 2.49. The summed E-state index contributed by atoms with van der Waals surface area (Å²) in [5, 5.41) is 0. The van der Waals surface area contributed by atoms with Gasteiger partial charge in [-0.3, -0.25) is 4.90 Å². The van der Waals surface area contributed by atoms with E-state index < -0.39 is 0 Å². The zero-order valence-corrected chi connectivity index (χ0v) is 10.2. The van der Waals surface area contributed by atoms with Crippen LogP contribution in [0.4, 0.5) is 0 Å². The monoisotopic (exact) mass is 267 g/mol. The standard InChI is InChI=1S/C12H14BrNO/c13-11-3-1-10(2-4-11)5-14-6-12(7-14)8-15-9-12/h1-4H,5-9H2. The largest absolute Gasteiger partial charge is 0.380 e. The average molecular weight is 268 g/mol. The Morgan fingerprint density at radius 2 is 1.87 bits per heavy atom. The van der Waals surface area contributed by atoms with E-state index in [2.05, 4.69) is 45.1 Å². The second kappa shape index (κ2) is 3.58. The Balaban J connectivity index is 1.56. The van der Waals surface area contributed by atoms with Gasteiger partial charge in [0, 0.05) is 29.5 Å². The summed E-state index contributed by atoms with van der Waals surface area (Å²) in [5.74, 6) is 0. The van der Waals surface area contributed by atoms with Crippen LogP contribution in [0.15, 0.2) is 28.7 Å². The maximum atomic E-state index is 5.26. The fraction of sp³-hybridized carbons (Fsp3) is 0.500. The first kappa shape index (κ1) is 9.82. The molecule has 2 heterocycles. The van der Waals surface area contributed by atoms with Crippen molar-refractivity contribution in [2.24, 2.45) is 5.41 Å². The Kier molecular flexibility index (Phi) is 2.34. The second-order valence-electron chi connectivity index (χ2n) is 4.76. The Labute approximate surface area is 98.4 Å². The first-order chi connectivity index (χ1) is 7.26. The van der Waals surface area contributed by atoms with Crippen LogP contribution in [0.25, 0.3) is 0 Å². The molecule has 0 bridgehead atoms. The predicted molar refractivity (Wildman–Crippen MR) is 62.7 cm³/mol. The molecule has 2 saturated heterocycles. The lowest BCUT2D eigenvalue weighted by atomic mass is 9.78. The highest BCUT2D eigenvalue weighted by molar-refractivity contribution is 9.10. The molecular weight excluding hydrogens is 254 g/mol. The van der Waals surface area contributed by atoms with Crippen LogP contribution in [0.2, 0.25) is 0 Å². The van der Waals surface area contributed by atoms with Crippen molar-refractivity contribution in [1.29, 1.82) is 0 Å². The van der Waals surface area contributed by atoms with Gasteiger partial charge in [-0.25, -0.2) is 0 Å². The zero-order chi connectivity index (χ0) is 10.3. The first-order valence-electron chi connectivity index (χ1n) is 5.30. The van der Waals surface area contributed by atoms with Crippen LogP contribution in [0.1, 0.15) is 5.56 Å². The van der Waals surface area contributed by atoms with Crippen LogP contribution in [0.3, 0.4) is 0 Å². The number of nitrogens with zero attached hydrogens (tertiary/aromatic N) is 1. The SMILES string of the molecule is Brc1ccc(CN2CC3(COC3)C2)cc1. The summed E-state index contributed by atoms with van der Waals surface area (Å²) in [7, 11) is 0. The second-order valence-corrected chi connectivity index (χ2v) is 5.68. The number of benzene rings is 1. The van der Waals surface area contributed by atoms with E-state index in [-0.39, 0.29) is 0 Å². The van der Waals surface area contributed by atoms with E-state index in [1.807, 2.05) is 0 Å². The molecule has 1 spiro atoms. The highest BCUT2D eigenvalue weighted by atomic mass is 79.9. The Hall–Kier alpha value is -0.380. The van der Waals surface area contributed by atoms with E-state index >= 15 is 0 Å². The van der Waals surface area contributed by atoms with Crippen molar-refractivity contribution in [3.05, 3.63) is 34.3 Å². The van der Waals surface area contributed by atoms with E-state index in [1.54, 1.807) is 0 Å². The number of hydrogen-bond donors (Lipinski definition) is 0. The lowest BCUT2D eigenvalue weighted by molar-refractivity contribution is -0.191. The van der Waals surface area contributed by atoms with Crippen molar-refractivity contribution in [3.8, 4) is 0 Å². The molecule has 0 amide bonds. The normalized spacial score (nSPS) is 23.5. The van der Waals surface area contributed by atoms with Gasteiger partial charge in [-0.2, -0.15) is 0 Å². The third-order valence-electron chi connectivity index (χ3n) is 3.25. The van der Waals surface area contributed by atoms with Crippen LogP contribution >= 0.6 is 15.9 Å². The molecule has 2 fully saturated rings. The molecule has 2 aliphatic rings. The smallest absolute Gasteiger partial charge is 0.0569 e. The summed E-state index contributed by atoms with van der Waals surface area (Å²) in [5.41, 5.74) is 1.93. The fourth-order valence-corrected chi connectivity index (χ4v) is 2.70. The number of rotatable bonds is 2. The van der Waals surface area contributed by atoms with Gasteiger partial charge in [0.15, 0.2) is 0 Å². The molecule has 15 heavy (non-hydrogen) atoms. The van der Waals surface area contributed by atoms with Gasteiger partial charge in [0.25, 0.3) is 0 Å². The molecule has 0 unspecified atom stereocenters. The zero-order valence-electron chi connectivity index (χ0n) is 8.58. The van der Waals surface area contributed by atoms with Crippen molar-refractivity contribution in [2.75, 3.05) is 26.3 Å². The molecule has 80 valence electrons. The number of ether oxygens (including phenoxy) is 1. The first-order valence-corrected chi connectivity index (χ1v) is 6.10. The third kappa shape index (κ3) is 1.84. The molecule has 0 N–H and O–H groups in total. The van der Waals surface area contributed by atoms with E-state index in [0.717, 1.165) is 24.2 Å². The van der Waals surface area contributed by atoms with Crippen LogP contribution in [-0.4, -0.2) is 31.2 Å². The van der Waals surface area contributed by atoms with E-state index in [9.17, 15) is 0 Å².